The molecule has 1 atom stereocenters. The van der Waals surface area contributed by atoms with Crippen molar-refractivity contribution in [2.75, 3.05) is 0 Å². The van der Waals surface area contributed by atoms with Gasteiger partial charge in [0.05, 0.1) is 16.7 Å². The molecule has 0 saturated heterocycles. The van der Waals surface area contributed by atoms with E-state index in [2.05, 4.69) is 187 Å². The minimum absolute atomic E-state index is 0.256. The van der Waals surface area contributed by atoms with Crippen LogP contribution in [0.3, 0.4) is 0 Å². The highest BCUT2D eigenvalue weighted by Crippen LogP contribution is 2.50. The average molecular weight is 648 g/mol. The van der Waals surface area contributed by atoms with Crippen LogP contribution in [0.4, 0.5) is 0 Å². The standard InChI is InChI=1S/C50H33N/c1-2-13-32(14-3-1)49-41-21-7-6-18-38(41)44-30-33(25-27-43(44)49)34-26-28-48-45(31-34)40-20-9-11-24-47(40)51(48)46-23-10-8-19-39(46)42-22-12-16-36-29-35-15-4-5-17-37(35)50(36)42/h1-28,30-31,49H,29H2. The highest BCUT2D eigenvalue weighted by Gasteiger charge is 2.30. The Bertz CT molecular complexity index is 2840. The van der Waals surface area contributed by atoms with E-state index >= 15 is 0 Å². The van der Waals surface area contributed by atoms with Crippen LogP contribution in [-0.4, -0.2) is 4.57 Å². The van der Waals surface area contributed by atoms with Gasteiger partial charge < -0.3 is 4.57 Å². The van der Waals surface area contributed by atoms with E-state index in [9.17, 15) is 0 Å². The first-order valence-corrected chi connectivity index (χ1v) is 17.9. The van der Waals surface area contributed by atoms with Gasteiger partial charge in [-0.25, -0.2) is 0 Å². The van der Waals surface area contributed by atoms with Crippen LogP contribution in [0.25, 0.3) is 72.0 Å². The summed E-state index contributed by atoms with van der Waals surface area (Å²) in [5, 5.41) is 2.54. The molecule has 0 aliphatic heterocycles. The topological polar surface area (TPSA) is 4.93 Å². The van der Waals surface area contributed by atoms with Crippen LogP contribution in [0.2, 0.25) is 0 Å². The van der Waals surface area contributed by atoms with Crippen molar-refractivity contribution in [2.45, 2.75) is 12.3 Å². The third-order valence-corrected chi connectivity index (χ3v) is 11.3. The summed E-state index contributed by atoms with van der Waals surface area (Å²) in [7, 11) is 0. The number of hydrogen-bond donors (Lipinski definition) is 0. The average Bonchev–Trinajstić information content (AvgIpc) is 3.85. The minimum atomic E-state index is 0.256. The second-order valence-corrected chi connectivity index (χ2v) is 14.0. The van der Waals surface area contributed by atoms with Crippen molar-refractivity contribution < 1.29 is 0 Å². The Morgan fingerprint density at radius 2 is 1.04 bits per heavy atom. The molecule has 1 nitrogen and oxygen atoms in total. The Labute approximate surface area is 297 Å². The van der Waals surface area contributed by atoms with Gasteiger partial charge in [-0.15, -0.1) is 0 Å². The molecule has 0 spiro atoms. The van der Waals surface area contributed by atoms with Crippen LogP contribution in [0.1, 0.15) is 33.7 Å². The van der Waals surface area contributed by atoms with Crippen molar-refractivity contribution in [3.8, 4) is 50.2 Å². The lowest BCUT2D eigenvalue weighted by atomic mass is 9.89. The van der Waals surface area contributed by atoms with E-state index in [-0.39, 0.29) is 5.92 Å². The zero-order chi connectivity index (χ0) is 33.5. The summed E-state index contributed by atoms with van der Waals surface area (Å²) in [6.07, 6.45) is 0.987. The molecule has 2 aliphatic carbocycles. The molecule has 1 aromatic heterocycles. The second kappa shape index (κ2) is 11.0. The lowest BCUT2D eigenvalue weighted by molar-refractivity contribution is 1.02. The largest absolute Gasteiger partial charge is 0.309 e. The van der Waals surface area contributed by atoms with Crippen molar-refractivity contribution >= 4 is 21.8 Å². The van der Waals surface area contributed by atoms with E-state index in [4.69, 9.17) is 0 Å². The molecule has 9 aromatic rings. The Kier molecular flexibility index (Phi) is 6.15. The molecule has 0 bridgehead atoms. The SMILES string of the molecule is c1ccc(C2c3ccccc3-c3cc(-c4ccc5c(c4)c4ccccc4n5-c4ccccc4-c4cccc5c4-c4ccccc4C5)ccc32)cc1. The van der Waals surface area contributed by atoms with Crippen molar-refractivity contribution in [2.24, 2.45) is 0 Å². The molecule has 0 N–H and O–H groups in total. The van der Waals surface area contributed by atoms with Crippen LogP contribution >= 0.6 is 0 Å². The molecule has 1 unspecified atom stereocenters. The van der Waals surface area contributed by atoms with Gasteiger partial charge in [-0.1, -0.05) is 152 Å². The summed E-state index contributed by atoms with van der Waals surface area (Å²) in [6.45, 7) is 0. The normalized spacial score (nSPS) is 14.0. The maximum atomic E-state index is 2.48. The minimum Gasteiger partial charge on any atom is -0.309 e. The van der Waals surface area contributed by atoms with Gasteiger partial charge in [-0.2, -0.15) is 0 Å². The number of para-hydroxylation sites is 2. The summed E-state index contributed by atoms with van der Waals surface area (Å²) < 4.78 is 2.48. The zero-order valence-electron chi connectivity index (χ0n) is 28.1. The van der Waals surface area contributed by atoms with Gasteiger partial charge in [0.15, 0.2) is 0 Å². The fourth-order valence-electron chi connectivity index (χ4n) is 9.11. The van der Waals surface area contributed by atoms with Gasteiger partial charge in [-0.3, -0.25) is 0 Å². The molecule has 8 aromatic carbocycles. The highest BCUT2D eigenvalue weighted by molar-refractivity contribution is 6.11. The predicted octanol–water partition coefficient (Wildman–Crippen LogP) is 12.8. The molecule has 51 heavy (non-hydrogen) atoms. The Morgan fingerprint density at radius 3 is 1.96 bits per heavy atom. The van der Waals surface area contributed by atoms with E-state index in [0.29, 0.717) is 0 Å². The fraction of sp³-hybridized carbons (Fsp3) is 0.0400. The molecule has 0 fully saturated rings. The van der Waals surface area contributed by atoms with E-state index in [1.807, 2.05) is 0 Å². The maximum absolute atomic E-state index is 2.48. The van der Waals surface area contributed by atoms with E-state index in [1.54, 1.807) is 0 Å². The van der Waals surface area contributed by atoms with Crippen molar-refractivity contribution in [3.63, 3.8) is 0 Å². The molecule has 238 valence electrons. The first-order valence-electron chi connectivity index (χ1n) is 17.9. The summed E-state index contributed by atoms with van der Waals surface area (Å²) >= 11 is 0. The lowest BCUT2D eigenvalue weighted by Gasteiger charge is -2.17. The number of hydrogen-bond acceptors (Lipinski definition) is 0. The molecule has 2 aliphatic rings. The van der Waals surface area contributed by atoms with Crippen molar-refractivity contribution in [3.05, 3.63) is 210 Å². The molecular weight excluding hydrogens is 615 g/mol. The number of rotatable bonds is 4. The zero-order valence-corrected chi connectivity index (χ0v) is 28.1. The second-order valence-electron chi connectivity index (χ2n) is 14.0. The molecule has 0 radical (unpaired) electrons. The van der Waals surface area contributed by atoms with Crippen LogP contribution < -0.4 is 0 Å². The smallest absolute Gasteiger partial charge is 0.0541 e. The third kappa shape index (κ3) is 4.22. The molecule has 1 heterocycles. The Balaban J connectivity index is 1.08. The van der Waals surface area contributed by atoms with Crippen LogP contribution in [0.5, 0.6) is 0 Å². The third-order valence-electron chi connectivity index (χ3n) is 11.3. The number of aromatic nitrogens is 1. The van der Waals surface area contributed by atoms with E-state index < -0.39 is 0 Å². The van der Waals surface area contributed by atoms with Gasteiger partial charge in [0, 0.05) is 22.3 Å². The summed E-state index contributed by atoms with van der Waals surface area (Å²) in [6, 6.07) is 67.6. The Hall–Kier alpha value is -6.44. The monoisotopic (exact) mass is 647 g/mol. The highest BCUT2D eigenvalue weighted by atomic mass is 15.0. The van der Waals surface area contributed by atoms with Gasteiger partial charge in [0.2, 0.25) is 0 Å². The lowest BCUT2D eigenvalue weighted by Crippen LogP contribution is -1.98. The van der Waals surface area contributed by atoms with Crippen LogP contribution in [0.15, 0.2) is 182 Å². The molecule has 0 saturated carbocycles. The van der Waals surface area contributed by atoms with Gasteiger partial charge in [0.1, 0.15) is 0 Å². The first-order chi connectivity index (χ1) is 25.3. The molecule has 1 heteroatoms. The maximum Gasteiger partial charge on any atom is 0.0541 e. The first kappa shape index (κ1) is 28.4. The van der Waals surface area contributed by atoms with Gasteiger partial charge in [0.25, 0.3) is 0 Å². The van der Waals surface area contributed by atoms with Crippen molar-refractivity contribution in [1.82, 2.24) is 4.57 Å². The number of nitrogens with zero attached hydrogens (tertiary/aromatic N) is 1. The van der Waals surface area contributed by atoms with E-state index in [0.717, 1.165) is 6.42 Å². The summed E-state index contributed by atoms with van der Waals surface area (Å²) in [5.74, 6) is 0.256. The predicted molar refractivity (Wildman–Crippen MR) is 213 cm³/mol. The van der Waals surface area contributed by atoms with Crippen LogP contribution in [0, 0.1) is 0 Å². The number of benzene rings is 8. The van der Waals surface area contributed by atoms with Gasteiger partial charge >= 0.3 is 0 Å². The van der Waals surface area contributed by atoms with E-state index in [1.165, 1.54) is 99.8 Å². The molecule has 0 amide bonds. The fourth-order valence-corrected chi connectivity index (χ4v) is 9.11. The quantitative estimate of drug-likeness (QED) is 0.179. The summed E-state index contributed by atoms with van der Waals surface area (Å²) in [4.78, 5) is 0. The molecular formula is C50H33N. The van der Waals surface area contributed by atoms with Gasteiger partial charge in [-0.05, 0) is 104 Å². The molecule has 11 rings (SSSR count). The number of fused-ring (bicyclic) bond motifs is 9. The summed E-state index contributed by atoms with van der Waals surface area (Å²) in [5.41, 5.74) is 21.0. The van der Waals surface area contributed by atoms with Crippen LogP contribution in [-0.2, 0) is 6.42 Å². The van der Waals surface area contributed by atoms with Crippen molar-refractivity contribution in [1.29, 1.82) is 0 Å². The Morgan fingerprint density at radius 1 is 0.392 bits per heavy atom.